The summed E-state index contributed by atoms with van der Waals surface area (Å²) in [6.45, 7) is 26.4. The van der Waals surface area contributed by atoms with Crippen LogP contribution in [-0.2, 0) is 18.3 Å². The molecule has 0 unspecified atom stereocenters. The van der Waals surface area contributed by atoms with E-state index in [0.29, 0.717) is 11.3 Å². The predicted octanol–water partition coefficient (Wildman–Crippen LogP) is 7.43. The lowest BCUT2D eigenvalue weighted by Gasteiger charge is -2.41. The Morgan fingerprint density at radius 1 is 1.07 bits per heavy atom. The summed E-state index contributed by atoms with van der Waals surface area (Å²) in [5.74, 6) is 0.260. The Balaban J connectivity index is 2.07. The molecule has 2 aromatic heterocycles. The van der Waals surface area contributed by atoms with Gasteiger partial charge >= 0.3 is 6.09 Å². The third-order valence-corrected chi connectivity index (χ3v) is 17.9. The Kier molecular flexibility index (Phi) is 9.80. The molecule has 1 aliphatic heterocycles. The molecule has 3 rings (SSSR count). The smallest absolute Gasteiger partial charge is 0.414 e. The maximum absolute atomic E-state index is 17.0. The van der Waals surface area contributed by atoms with Crippen LogP contribution in [-0.4, -0.2) is 78.8 Å². The van der Waals surface area contributed by atoms with E-state index in [0.717, 1.165) is 0 Å². The number of hydrogen-bond acceptors (Lipinski definition) is 9. The number of amides is 1. The van der Waals surface area contributed by atoms with Gasteiger partial charge in [0.2, 0.25) is 5.95 Å². The van der Waals surface area contributed by atoms with Crippen LogP contribution in [0.4, 0.5) is 21.0 Å². The van der Waals surface area contributed by atoms with Crippen LogP contribution in [0.3, 0.4) is 0 Å². The molecule has 2 N–H and O–H groups in total. The van der Waals surface area contributed by atoms with Crippen LogP contribution in [0.5, 0.6) is 0 Å². The first-order valence-electron chi connectivity index (χ1n) is 14.6. The van der Waals surface area contributed by atoms with Crippen molar-refractivity contribution in [1.82, 2.24) is 19.5 Å². The molecule has 1 aliphatic rings. The van der Waals surface area contributed by atoms with E-state index in [1.807, 2.05) is 13.1 Å². The molecule has 0 aromatic carbocycles. The fourth-order valence-corrected chi connectivity index (χ4v) is 6.70. The van der Waals surface area contributed by atoms with Crippen molar-refractivity contribution in [2.45, 2.75) is 128 Å². The van der Waals surface area contributed by atoms with Crippen molar-refractivity contribution < 1.29 is 27.5 Å². The molecule has 1 amide bonds. The van der Waals surface area contributed by atoms with E-state index < -0.39 is 51.9 Å². The van der Waals surface area contributed by atoms with Gasteiger partial charge in [-0.15, -0.1) is 0 Å². The van der Waals surface area contributed by atoms with Crippen molar-refractivity contribution in [2.24, 2.45) is 0 Å². The molecule has 1 saturated heterocycles. The zero-order chi connectivity index (χ0) is 33.0. The van der Waals surface area contributed by atoms with Gasteiger partial charge in [0.1, 0.15) is 17.8 Å². The van der Waals surface area contributed by atoms with Gasteiger partial charge in [-0.05, 0) is 57.0 Å². The van der Waals surface area contributed by atoms with Crippen LogP contribution in [0.1, 0.15) is 68.5 Å². The third-order valence-electron chi connectivity index (χ3n) is 8.52. The number of hydrogen-bond donors (Lipinski definition) is 2. The second-order valence-corrected chi connectivity index (χ2v) is 25.3. The summed E-state index contributed by atoms with van der Waals surface area (Å²) < 4.78 is 43.3. The van der Waals surface area contributed by atoms with Crippen molar-refractivity contribution in [3.63, 3.8) is 0 Å². The number of imidazole rings is 1. The Morgan fingerprint density at radius 2 is 1.65 bits per heavy atom. The molecule has 11 nitrogen and oxygen atoms in total. The second kappa shape index (κ2) is 11.8. The topological polar surface area (TPSA) is 122 Å². The van der Waals surface area contributed by atoms with Crippen LogP contribution in [0.25, 0.3) is 11.2 Å². The van der Waals surface area contributed by atoms with Crippen LogP contribution in [0, 0.1) is 0 Å². The number of ether oxygens (including phenoxy) is 2. The molecule has 3 heterocycles. The lowest BCUT2D eigenvalue weighted by molar-refractivity contribution is -0.0451. The Morgan fingerprint density at radius 3 is 2.16 bits per heavy atom. The van der Waals surface area contributed by atoms with Gasteiger partial charge in [-0.3, -0.25) is 9.88 Å². The summed E-state index contributed by atoms with van der Waals surface area (Å²) in [5, 5.41) is 2.72. The van der Waals surface area contributed by atoms with Gasteiger partial charge < -0.3 is 23.6 Å². The number of anilines is 2. The van der Waals surface area contributed by atoms with Crippen LogP contribution in [0.15, 0.2) is 6.33 Å². The molecule has 0 saturated carbocycles. The fourth-order valence-electron chi connectivity index (χ4n) is 3.96. The number of halogens is 2. The summed E-state index contributed by atoms with van der Waals surface area (Å²) in [7, 11) is -3.08. The Bertz CT molecular complexity index is 1320. The average Bonchev–Trinajstić information content (AvgIpc) is 3.32. The van der Waals surface area contributed by atoms with E-state index in [1.54, 1.807) is 27.8 Å². The second-order valence-electron chi connectivity index (χ2n) is 15.2. The monoisotopic (exact) mass is 660 g/mol. The van der Waals surface area contributed by atoms with E-state index in [4.69, 9.17) is 29.9 Å². The minimum absolute atomic E-state index is 0.0586. The molecule has 2 aromatic rings. The zero-order valence-corrected chi connectivity index (χ0v) is 30.9. The number of nitrogens with zero attached hydrogens (tertiary/aromatic N) is 4. The average molecular weight is 661 g/mol. The number of aromatic nitrogens is 4. The quantitative estimate of drug-likeness (QED) is 0.220. The highest BCUT2D eigenvalue weighted by atomic mass is 35.5. The van der Waals surface area contributed by atoms with E-state index >= 15 is 4.39 Å². The van der Waals surface area contributed by atoms with E-state index in [1.165, 1.54) is 10.9 Å². The highest BCUT2D eigenvalue weighted by Gasteiger charge is 2.61. The number of nitrogens with one attached hydrogen (secondary N) is 2. The van der Waals surface area contributed by atoms with Crippen molar-refractivity contribution in [3.8, 4) is 0 Å². The number of rotatable bonds is 8. The van der Waals surface area contributed by atoms with Gasteiger partial charge in [0.25, 0.3) is 5.13 Å². The first-order chi connectivity index (χ1) is 19.3. The van der Waals surface area contributed by atoms with Crippen molar-refractivity contribution in [3.05, 3.63) is 6.33 Å². The van der Waals surface area contributed by atoms with E-state index in [-0.39, 0.29) is 28.3 Å². The minimum atomic E-state index is -2.51. The molecule has 0 spiro atoms. The lowest BCUT2D eigenvalue weighted by Crippen LogP contribution is -2.52. The van der Waals surface area contributed by atoms with Gasteiger partial charge in [-0.25, -0.2) is 14.2 Å². The number of fused-ring (bicyclic) bond motifs is 1. The molecule has 1 fully saturated rings. The molecule has 0 radical (unpaired) electrons. The summed E-state index contributed by atoms with van der Waals surface area (Å²) >= 11 is 6.82. The van der Waals surface area contributed by atoms with Crippen LogP contribution >= 0.6 is 11.6 Å². The summed E-state index contributed by atoms with van der Waals surface area (Å²) in [4.78, 5) is 25.7. The van der Waals surface area contributed by atoms with Gasteiger partial charge in [-0.1, -0.05) is 53.1 Å². The third kappa shape index (κ3) is 7.70. The van der Waals surface area contributed by atoms with Gasteiger partial charge in [0, 0.05) is 7.05 Å². The number of carbonyl (C=O) groups is 1. The van der Waals surface area contributed by atoms with E-state index in [2.05, 4.69) is 80.2 Å². The standard InChI is InChI=1S/C28H50ClFN6O5Si2/c1-25(2,3)40-24(37)35-23-33-20(31-10)18-21(34-23)36(16-32-18)22-28(29,30)19(41-43(13,14)27(7,8)9)17(39-22)15-38-42(11,12)26(4,5)6/h16-17,19,22H,15H2,1-14H3,(H2,31,33,34,35,37)/t17-,19-,22-,28-/m1/s1. The SMILES string of the molecule is CNc1nc(NC(=O)OC(C)(C)C)nc2c1ncn2[C@@H]1O[C@H](CO[Si](C)(C)C(C)(C)C)[C@@H](O[Si](C)(C)C(C)(C)C)[C@]1(F)Cl. The van der Waals surface area contributed by atoms with Gasteiger partial charge in [0.05, 0.1) is 12.9 Å². The minimum Gasteiger partial charge on any atom is -0.444 e. The maximum atomic E-state index is 17.0. The summed E-state index contributed by atoms with van der Waals surface area (Å²) in [5.41, 5.74) is -0.182. The van der Waals surface area contributed by atoms with Crippen LogP contribution in [0.2, 0.25) is 36.3 Å². The van der Waals surface area contributed by atoms with Gasteiger partial charge in [0.15, 0.2) is 39.8 Å². The van der Waals surface area contributed by atoms with Gasteiger partial charge in [-0.2, -0.15) is 9.97 Å². The largest absolute Gasteiger partial charge is 0.444 e. The van der Waals surface area contributed by atoms with Crippen LogP contribution < -0.4 is 10.6 Å². The molecular weight excluding hydrogens is 611 g/mol. The Labute approximate surface area is 262 Å². The molecular formula is C28H50ClFN6O5Si2. The van der Waals surface area contributed by atoms with Crippen molar-refractivity contribution in [1.29, 1.82) is 0 Å². The van der Waals surface area contributed by atoms with Crippen molar-refractivity contribution in [2.75, 3.05) is 24.3 Å². The number of carbonyl (C=O) groups excluding carboxylic acids is 1. The highest BCUT2D eigenvalue weighted by Crippen LogP contribution is 2.51. The lowest BCUT2D eigenvalue weighted by atomic mass is 10.1. The predicted molar refractivity (Wildman–Crippen MR) is 174 cm³/mol. The number of alkyl halides is 2. The Hall–Kier alpha value is -1.85. The normalized spacial score (nSPS) is 24.0. The van der Waals surface area contributed by atoms with E-state index in [9.17, 15) is 4.79 Å². The molecule has 43 heavy (non-hydrogen) atoms. The first-order valence-corrected chi connectivity index (χ1v) is 20.8. The molecule has 4 atom stereocenters. The highest BCUT2D eigenvalue weighted by molar-refractivity contribution is 6.74. The van der Waals surface area contributed by atoms with Crippen molar-refractivity contribution >= 4 is 57.3 Å². The fraction of sp³-hybridized carbons (Fsp3) is 0.786. The summed E-state index contributed by atoms with van der Waals surface area (Å²) in [6, 6.07) is 0. The maximum Gasteiger partial charge on any atom is 0.414 e. The first kappa shape index (κ1) is 35.6. The molecule has 0 bridgehead atoms. The zero-order valence-electron chi connectivity index (χ0n) is 28.1. The molecule has 244 valence electrons. The molecule has 15 heteroatoms. The summed E-state index contributed by atoms with van der Waals surface area (Å²) in [6.07, 6.45) is -2.64. The molecule has 0 aliphatic carbocycles.